The molecule has 7 heteroatoms. The van der Waals surface area contributed by atoms with Gasteiger partial charge in [0.1, 0.15) is 0 Å². The zero-order valence-corrected chi connectivity index (χ0v) is 12.2. The van der Waals surface area contributed by atoms with Crippen LogP contribution < -0.4 is 10.6 Å². The average molecular weight is 290 g/mol. The van der Waals surface area contributed by atoms with Crippen LogP contribution in [0.1, 0.15) is 39.0 Å². The Morgan fingerprint density at radius 3 is 2.42 bits per heavy atom. The van der Waals surface area contributed by atoms with Crippen LogP contribution in [0.3, 0.4) is 0 Å². The molecule has 0 aliphatic rings. The maximum Gasteiger partial charge on any atom is 0.321 e. The van der Waals surface area contributed by atoms with E-state index in [1.54, 1.807) is 11.8 Å². The van der Waals surface area contributed by atoms with Crippen molar-refractivity contribution in [3.8, 4) is 0 Å². The van der Waals surface area contributed by atoms with E-state index in [0.717, 1.165) is 12.2 Å². The molecule has 0 aromatic carbocycles. The molecule has 3 N–H and O–H groups in total. The van der Waals surface area contributed by atoms with Gasteiger partial charge in [0.25, 0.3) is 0 Å². The molecule has 1 unspecified atom stereocenters. The van der Waals surface area contributed by atoms with E-state index in [1.165, 1.54) is 0 Å². The molecule has 0 saturated heterocycles. The van der Waals surface area contributed by atoms with Gasteiger partial charge in [-0.2, -0.15) is 11.8 Å². The molecule has 3 amide bonds. The van der Waals surface area contributed by atoms with E-state index in [4.69, 9.17) is 5.11 Å². The molecule has 6 nitrogen and oxygen atoms in total. The van der Waals surface area contributed by atoms with Gasteiger partial charge in [-0.15, -0.1) is 0 Å². The molecule has 19 heavy (non-hydrogen) atoms. The van der Waals surface area contributed by atoms with Gasteiger partial charge in [-0.25, -0.2) is 4.79 Å². The van der Waals surface area contributed by atoms with E-state index < -0.39 is 12.0 Å². The molecule has 0 saturated carbocycles. The first-order valence-electron chi connectivity index (χ1n) is 6.26. The number of carboxylic acids is 1. The van der Waals surface area contributed by atoms with Gasteiger partial charge in [-0.3, -0.25) is 14.9 Å². The summed E-state index contributed by atoms with van der Waals surface area (Å²) in [5, 5.41) is 13.3. The highest BCUT2D eigenvalue weighted by molar-refractivity contribution is 7.98. The Kier molecular flexibility index (Phi) is 9.97. The summed E-state index contributed by atoms with van der Waals surface area (Å²) in [5.41, 5.74) is 0. The number of unbranched alkanes of at least 4 members (excludes halogenated alkanes) is 1. The largest absolute Gasteiger partial charge is 0.481 e. The normalized spacial score (nSPS) is 11.7. The maximum absolute atomic E-state index is 11.4. The summed E-state index contributed by atoms with van der Waals surface area (Å²) in [4.78, 5) is 33.1. The quantitative estimate of drug-likeness (QED) is 0.561. The van der Waals surface area contributed by atoms with Gasteiger partial charge >= 0.3 is 12.0 Å². The van der Waals surface area contributed by atoms with Crippen molar-refractivity contribution in [2.24, 2.45) is 0 Å². The van der Waals surface area contributed by atoms with E-state index in [-0.39, 0.29) is 24.8 Å². The average Bonchev–Trinajstić information content (AvgIpc) is 2.31. The molecule has 0 bridgehead atoms. The molecule has 0 aliphatic heterocycles. The van der Waals surface area contributed by atoms with Gasteiger partial charge in [-0.1, -0.05) is 0 Å². The van der Waals surface area contributed by atoms with Gasteiger partial charge in [0.2, 0.25) is 5.91 Å². The molecule has 0 radical (unpaired) electrons. The van der Waals surface area contributed by atoms with E-state index >= 15 is 0 Å². The monoisotopic (exact) mass is 290 g/mol. The first kappa shape index (κ1) is 17.8. The molecule has 0 aromatic rings. The van der Waals surface area contributed by atoms with E-state index in [2.05, 4.69) is 10.6 Å². The number of urea groups is 1. The number of aliphatic carboxylic acids is 1. The molecular formula is C12H22N2O4S. The Balaban J connectivity index is 3.68. The minimum Gasteiger partial charge on any atom is -0.481 e. The second-order valence-electron chi connectivity index (χ2n) is 4.31. The highest BCUT2D eigenvalue weighted by Gasteiger charge is 2.10. The number of carbonyl (C=O) groups excluding carboxylic acids is 2. The van der Waals surface area contributed by atoms with Crippen LogP contribution in [0.2, 0.25) is 0 Å². The van der Waals surface area contributed by atoms with Crippen LogP contribution in [0.4, 0.5) is 4.79 Å². The number of rotatable bonds is 9. The number of thioether (sulfide) groups is 1. The molecule has 1 atom stereocenters. The lowest BCUT2D eigenvalue weighted by Crippen LogP contribution is -2.43. The van der Waals surface area contributed by atoms with Gasteiger partial charge < -0.3 is 10.4 Å². The minimum atomic E-state index is -0.874. The number of carbonyl (C=O) groups is 3. The second kappa shape index (κ2) is 10.7. The topological polar surface area (TPSA) is 95.5 Å². The number of carboxylic acid groups (broad SMARTS) is 1. The van der Waals surface area contributed by atoms with Crippen LogP contribution in [0.15, 0.2) is 0 Å². The van der Waals surface area contributed by atoms with Crippen molar-refractivity contribution in [3.05, 3.63) is 0 Å². The summed E-state index contributed by atoms with van der Waals surface area (Å²) < 4.78 is 0. The van der Waals surface area contributed by atoms with Crippen molar-refractivity contribution >= 4 is 29.7 Å². The van der Waals surface area contributed by atoms with Crippen molar-refractivity contribution in [1.82, 2.24) is 10.6 Å². The van der Waals surface area contributed by atoms with Gasteiger partial charge in [0.15, 0.2) is 0 Å². The molecule has 110 valence electrons. The third-order valence-corrected chi connectivity index (χ3v) is 3.07. The van der Waals surface area contributed by atoms with Crippen LogP contribution in [-0.2, 0) is 9.59 Å². The molecule has 0 aromatic heterocycles. The number of imide groups is 1. The fourth-order valence-corrected chi connectivity index (χ4v) is 1.97. The maximum atomic E-state index is 11.4. The molecule has 0 spiro atoms. The van der Waals surface area contributed by atoms with Crippen molar-refractivity contribution in [2.75, 3.05) is 12.0 Å². The first-order chi connectivity index (χ1) is 8.95. The number of hydrogen-bond donors (Lipinski definition) is 3. The summed E-state index contributed by atoms with van der Waals surface area (Å²) in [5.74, 6) is -0.300. The van der Waals surface area contributed by atoms with Crippen LogP contribution in [0, 0.1) is 0 Å². The predicted molar refractivity (Wildman–Crippen MR) is 75.2 cm³/mol. The fraction of sp³-hybridized carbons (Fsp3) is 0.750. The Morgan fingerprint density at radius 1 is 1.21 bits per heavy atom. The molecule has 0 fully saturated rings. The zero-order valence-electron chi connectivity index (χ0n) is 11.4. The standard InChI is InChI=1S/C12H22N2O4S/c1-9(7-8-19-2)13-12(18)14-10(15)5-3-4-6-11(16)17/h9H,3-8H2,1-2H3,(H,16,17)(H2,13,14,15,18). The Morgan fingerprint density at radius 2 is 1.84 bits per heavy atom. The van der Waals surface area contributed by atoms with Crippen LogP contribution in [-0.4, -0.2) is 41.1 Å². The number of nitrogens with one attached hydrogen (secondary N) is 2. The summed E-state index contributed by atoms with van der Waals surface area (Å²) in [6.07, 6.45) is 3.96. The summed E-state index contributed by atoms with van der Waals surface area (Å²) >= 11 is 1.70. The predicted octanol–water partition coefficient (Wildman–Crippen LogP) is 1.60. The highest BCUT2D eigenvalue weighted by atomic mass is 32.2. The molecule has 0 rings (SSSR count). The van der Waals surface area contributed by atoms with E-state index in [9.17, 15) is 14.4 Å². The van der Waals surface area contributed by atoms with Gasteiger partial charge in [0, 0.05) is 18.9 Å². The molecule has 0 aliphatic carbocycles. The smallest absolute Gasteiger partial charge is 0.321 e. The lowest BCUT2D eigenvalue weighted by atomic mass is 10.2. The van der Waals surface area contributed by atoms with Crippen molar-refractivity contribution in [1.29, 1.82) is 0 Å². The van der Waals surface area contributed by atoms with E-state index in [1.807, 2.05) is 13.2 Å². The fourth-order valence-electron chi connectivity index (χ4n) is 1.38. The minimum absolute atomic E-state index is 0.0206. The number of hydrogen-bond acceptors (Lipinski definition) is 4. The van der Waals surface area contributed by atoms with Crippen molar-refractivity contribution < 1.29 is 19.5 Å². The van der Waals surface area contributed by atoms with Gasteiger partial charge in [-0.05, 0) is 38.2 Å². The highest BCUT2D eigenvalue weighted by Crippen LogP contribution is 2.01. The third kappa shape index (κ3) is 11.6. The van der Waals surface area contributed by atoms with Gasteiger partial charge in [0.05, 0.1) is 0 Å². The van der Waals surface area contributed by atoms with Crippen LogP contribution in [0.5, 0.6) is 0 Å². The summed E-state index contributed by atoms with van der Waals surface area (Å²) in [7, 11) is 0. The molecular weight excluding hydrogens is 268 g/mol. The lowest BCUT2D eigenvalue weighted by Gasteiger charge is -2.13. The Hall–Kier alpha value is -1.24. The van der Waals surface area contributed by atoms with Crippen LogP contribution >= 0.6 is 11.8 Å². The van der Waals surface area contributed by atoms with Crippen molar-refractivity contribution in [3.63, 3.8) is 0 Å². The SMILES string of the molecule is CSCCC(C)NC(=O)NC(=O)CCCCC(=O)O. The summed E-state index contributed by atoms with van der Waals surface area (Å²) in [6.45, 7) is 1.88. The third-order valence-electron chi connectivity index (χ3n) is 2.43. The Bertz CT molecular complexity index is 310. The van der Waals surface area contributed by atoms with Crippen molar-refractivity contribution in [2.45, 2.75) is 45.1 Å². The second-order valence-corrected chi connectivity index (χ2v) is 5.29. The van der Waals surface area contributed by atoms with E-state index in [0.29, 0.717) is 12.8 Å². The van der Waals surface area contributed by atoms with Crippen LogP contribution in [0.25, 0.3) is 0 Å². The Labute approximate surface area is 117 Å². The first-order valence-corrected chi connectivity index (χ1v) is 7.66. The number of amides is 3. The summed E-state index contributed by atoms with van der Waals surface area (Å²) in [6, 6.07) is -0.468. The lowest BCUT2D eigenvalue weighted by molar-refractivity contribution is -0.137. The molecule has 0 heterocycles. The zero-order chi connectivity index (χ0) is 14.7.